The molecule has 0 spiro atoms. The fraction of sp³-hybridized carbons (Fsp3) is 0. The molecule has 13 heavy (non-hydrogen) atoms. The van der Waals surface area contributed by atoms with Gasteiger partial charge in [0.25, 0.3) is 0 Å². The van der Waals surface area contributed by atoms with Gasteiger partial charge in [0.05, 0.1) is 0 Å². The molecule has 0 atom stereocenters. The number of ketones is 1. The largest absolute Gasteiger partial charge is 0.508 e. The highest BCUT2D eigenvalue weighted by molar-refractivity contribution is 5.98. The SMILES string of the molecule is C=CC(=O)C=C.Oc1ccccc1. The van der Waals surface area contributed by atoms with Gasteiger partial charge >= 0.3 is 0 Å². The highest BCUT2D eigenvalue weighted by Crippen LogP contribution is 2.02. The summed E-state index contributed by atoms with van der Waals surface area (Å²) in [6, 6.07) is 8.71. The molecule has 0 heterocycles. The van der Waals surface area contributed by atoms with E-state index < -0.39 is 0 Å². The average molecular weight is 176 g/mol. The maximum Gasteiger partial charge on any atom is 0.177 e. The van der Waals surface area contributed by atoms with Crippen molar-refractivity contribution in [2.45, 2.75) is 0 Å². The Morgan fingerprint density at radius 2 is 1.62 bits per heavy atom. The van der Waals surface area contributed by atoms with Gasteiger partial charge in [-0.3, -0.25) is 4.79 Å². The standard InChI is InChI=1S/C6H6O.C5H6O/c7-6-4-2-1-3-5-6;1-3-5(6)4-2/h1-5,7H;3-4H,1-2H2. The van der Waals surface area contributed by atoms with Crippen molar-refractivity contribution in [1.29, 1.82) is 0 Å². The molecule has 2 heteroatoms. The van der Waals surface area contributed by atoms with Crippen LogP contribution in [0.25, 0.3) is 0 Å². The summed E-state index contributed by atoms with van der Waals surface area (Å²) in [5, 5.41) is 8.63. The smallest absolute Gasteiger partial charge is 0.177 e. The summed E-state index contributed by atoms with van der Waals surface area (Å²) in [7, 11) is 0. The van der Waals surface area contributed by atoms with Crippen molar-refractivity contribution in [2.75, 3.05) is 0 Å². The summed E-state index contributed by atoms with van der Waals surface area (Å²) in [6.07, 6.45) is 2.43. The number of aromatic hydroxyl groups is 1. The molecular formula is C11H12O2. The molecule has 1 rings (SSSR count). The number of carbonyl (C=O) groups is 1. The molecule has 68 valence electrons. The minimum absolute atomic E-state index is 0.130. The lowest BCUT2D eigenvalue weighted by molar-refractivity contribution is -0.110. The second-order valence-electron chi connectivity index (χ2n) is 2.15. The quantitative estimate of drug-likeness (QED) is 0.702. The third kappa shape index (κ3) is 6.56. The number of phenols is 1. The van der Waals surface area contributed by atoms with Gasteiger partial charge in [0, 0.05) is 0 Å². The number of hydrogen-bond donors (Lipinski definition) is 1. The van der Waals surface area contributed by atoms with Crippen molar-refractivity contribution in [3.05, 3.63) is 55.6 Å². The molecule has 0 aliphatic heterocycles. The van der Waals surface area contributed by atoms with Gasteiger partial charge in [0.15, 0.2) is 5.78 Å². The van der Waals surface area contributed by atoms with Crippen LogP contribution in [0.2, 0.25) is 0 Å². The summed E-state index contributed by atoms with van der Waals surface area (Å²) in [6.45, 7) is 6.42. The van der Waals surface area contributed by atoms with E-state index in [1.165, 1.54) is 12.2 Å². The molecule has 0 bridgehead atoms. The molecule has 0 saturated heterocycles. The Kier molecular flexibility index (Phi) is 5.89. The Labute approximate surface area is 77.8 Å². The van der Waals surface area contributed by atoms with Crippen LogP contribution in [0.1, 0.15) is 0 Å². The second kappa shape index (κ2) is 6.85. The van der Waals surface area contributed by atoms with Crippen molar-refractivity contribution in [3.63, 3.8) is 0 Å². The van der Waals surface area contributed by atoms with Crippen LogP contribution in [-0.4, -0.2) is 10.9 Å². The minimum atomic E-state index is -0.130. The molecule has 1 aromatic rings. The lowest BCUT2D eigenvalue weighted by atomic mass is 10.3. The van der Waals surface area contributed by atoms with Crippen LogP contribution >= 0.6 is 0 Å². The van der Waals surface area contributed by atoms with Gasteiger partial charge < -0.3 is 5.11 Å². The first-order valence-electron chi connectivity index (χ1n) is 3.73. The Morgan fingerprint density at radius 1 is 1.15 bits per heavy atom. The topological polar surface area (TPSA) is 37.3 Å². The number of para-hydroxylation sites is 1. The molecule has 0 radical (unpaired) electrons. The fourth-order valence-corrected chi connectivity index (χ4v) is 0.511. The molecule has 0 saturated carbocycles. The Morgan fingerprint density at radius 3 is 1.77 bits per heavy atom. The van der Waals surface area contributed by atoms with Crippen molar-refractivity contribution >= 4 is 5.78 Å². The molecule has 0 unspecified atom stereocenters. The van der Waals surface area contributed by atoms with E-state index in [2.05, 4.69) is 13.2 Å². The summed E-state index contributed by atoms with van der Waals surface area (Å²) in [5.74, 6) is 0.192. The summed E-state index contributed by atoms with van der Waals surface area (Å²) in [4.78, 5) is 9.94. The Hall–Kier alpha value is -1.83. The molecule has 1 N–H and O–H groups in total. The van der Waals surface area contributed by atoms with Crippen molar-refractivity contribution < 1.29 is 9.90 Å². The van der Waals surface area contributed by atoms with Crippen LogP contribution in [0.4, 0.5) is 0 Å². The van der Waals surface area contributed by atoms with E-state index in [0.29, 0.717) is 5.75 Å². The lowest BCUT2D eigenvalue weighted by Gasteiger charge is -1.82. The number of phenolic OH excluding ortho intramolecular Hbond substituents is 1. The number of hydrogen-bond acceptors (Lipinski definition) is 2. The van der Waals surface area contributed by atoms with Gasteiger partial charge in [-0.2, -0.15) is 0 Å². The van der Waals surface area contributed by atoms with Crippen LogP contribution in [0, 0.1) is 0 Å². The predicted octanol–water partition coefficient (Wildman–Crippen LogP) is 2.32. The first-order valence-corrected chi connectivity index (χ1v) is 3.73. The zero-order valence-corrected chi connectivity index (χ0v) is 7.31. The van der Waals surface area contributed by atoms with Gasteiger partial charge in [-0.15, -0.1) is 0 Å². The number of benzene rings is 1. The summed E-state index contributed by atoms with van der Waals surface area (Å²) < 4.78 is 0. The van der Waals surface area contributed by atoms with Crippen molar-refractivity contribution in [1.82, 2.24) is 0 Å². The molecule has 1 aromatic carbocycles. The van der Waals surface area contributed by atoms with E-state index in [0.717, 1.165) is 0 Å². The monoisotopic (exact) mass is 176 g/mol. The van der Waals surface area contributed by atoms with Gasteiger partial charge in [0.2, 0.25) is 0 Å². The minimum Gasteiger partial charge on any atom is -0.508 e. The number of rotatable bonds is 2. The van der Waals surface area contributed by atoms with Crippen molar-refractivity contribution in [3.8, 4) is 5.75 Å². The Balaban J connectivity index is 0.000000226. The van der Waals surface area contributed by atoms with Crippen LogP contribution in [0.15, 0.2) is 55.6 Å². The summed E-state index contributed by atoms with van der Waals surface area (Å²) >= 11 is 0. The van der Waals surface area contributed by atoms with Gasteiger partial charge in [-0.05, 0) is 24.3 Å². The number of carbonyl (C=O) groups excluding carboxylic acids is 1. The summed E-state index contributed by atoms with van der Waals surface area (Å²) in [5.41, 5.74) is 0. The average Bonchev–Trinajstić information content (AvgIpc) is 2.19. The van der Waals surface area contributed by atoms with E-state index in [1.807, 2.05) is 6.07 Å². The Bertz CT molecular complexity index is 265. The zero-order chi connectivity index (χ0) is 10.1. The third-order valence-electron chi connectivity index (χ3n) is 1.16. The van der Waals surface area contributed by atoms with Gasteiger partial charge in [0.1, 0.15) is 5.75 Å². The van der Waals surface area contributed by atoms with Crippen LogP contribution < -0.4 is 0 Å². The molecule has 2 nitrogen and oxygen atoms in total. The normalized spacial score (nSPS) is 7.69. The number of allylic oxidation sites excluding steroid dienone is 2. The predicted molar refractivity (Wildman–Crippen MR) is 53.5 cm³/mol. The first kappa shape index (κ1) is 11.2. The van der Waals surface area contributed by atoms with Crippen LogP contribution in [-0.2, 0) is 4.79 Å². The maximum atomic E-state index is 9.94. The van der Waals surface area contributed by atoms with E-state index in [-0.39, 0.29) is 5.78 Å². The van der Waals surface area contributed by atoms with Gasteiger partial charge in [-0.1, -0.05) is 31.4 Å². The van der Waals surface area contributed by atoms with E-state index >= 15 is 0 Å². The molecule has 0 aliphatic rings. The first-order chi connectivity index (χ1) is 6.20. The molecule has 0 amide bonds. The lowest BCUT2D eigenvalue weighted by Crippen LogP contribution is -1.78. The fourth-order valence-electron chi connectivity index (χ4n) is 0.511. The van der Waals surface area contributed by atoms with E-state index in [1.54, 1.807) is 24.3 Å². The van der Waals surface area contributed by atoms with E-state index in [9.17, 15) is 4.79 Å². The van der Waals surface area contributed by atoms with Crippen molar-refractivity contribution in [2.24, 2.45) is 0 Å². The van der Waals surface area contributed by atoms with Gasteiger partial charge in [-0.25, -0.2) is 0 Å². The molecular weight excluding hydrogens is 164 g/mol. The molecule has 0 aromatic heterocycles. The molecule has 0 fully saturated rings. The third-order valence-corrected chi connectivity index (χ3v) is 1.16. The molecule has 0 aliphatic carbocycles. The highest BCUT2D eigenvalue weighted by atomic mass is 16.3. The zero-order valence-electron chi connectivity index (χ0n) is 7.31. The second-order valence-corrected chi connectivity index (χ2v) is 2.15. The van der Waals surface area contributed by atoms with Crippen LogP contribution in [0.5, 0.6) is 5.75 Å². The van der Waals surface area contributed by atoms with E-state index in [4.69, 9.17) is 5.11 Å². The van der Waals surface area contributed by atoms with Crippen LogP contribution in [0.3, 0.4) is 0 Å². The highest BCUT2D eigenvalue weighted by Gasteiger charge is 1.76. The maximum absolute atomic E-state index is 9.94.